The van der Waals surface area contributed by atoms with Crippen LogP contribution in [0, 0.1) is 0 Å². The van der Waals surface area contributed by atoms with Crippen LogP contribution >= 0.6 is 0 Å². The zero-order valence-electron chi connectivity index (χ0n) is 24.1. The van der Waals surface area contributed by atoms with Gasteiger partial charge in [0.05, 0.1) is 43.7 Å². The summed E-state index contributed by atoms with van der Waals surface area (Å²) >= 11 is 0. The summed E-state index contributed by atoms with van der Waals surface area (Å²) in [5, 5.41) is 0.0904. The van der Waals surface area contributed by atoms with Gasteiger partial charge in [-0.3, -0.25) is 4.79 Å². The van der Waals surface area contributed by atoms with E-state index < -0.39 is 19.9 Å². The molecule has 2 spiro atoms. The molecule has 0 aromatic heterocycles. The molecule has 4 rings (SSSR count). The minimum Gasteiger partial charge on any atom is -0.469 e. The molecule has 2 aliphatic heterocycles. The van der Waals surface area contributed by atoms with Gasteiger partial charge in [0.25, 0.3) is 0 Å². The highest BCUT2D eigenvalue weighted by Gasteiger charge is 2.49. The van der Waals surface area contributed by atoms with E-state index in [1.807, 2.05) is 0 Å². The molecule has 0 aromatic carbocycles. The van der Waals surface area contributed by atoms with Crippen LogP contribution in [-0.4, -0.2) is 57.4 Å². The van der Waals surface area contributed by atoms with Crippen molar-refractivity contribution in [2.24, 2.45) is 0 Å². The van der Waals surface area contributed by atoms with Crippen LogP contribution in [0.3, 0.4) is 0 Å². The van der Waals surface area contributed by atoms with Crippen molar-refractivity contribution in [1.29, 1.82) is 0 Å². The van der Waals surface area contributed by atoms with Crippen LogP contribution in [0.1, 0.15) is 104 Å². The van der Waals surface area contributed by atoms with Gasteiger partial charge in [-0.2, -0.15) is 0 Å². The summed E-state index contributed by atoms with van der Waals surface area (Å²) in [4.78, 5) is 12.1. The maximum absolute atomic E-state index is 12.1. The third-order valence-electron chi connectivity index (χ3n) is 9.21. The molecule has 0 bridgehead atoms. The molecule has 7 nitrogen and oxygen atoms in total. The van der Waals surface area contributed by atoms with Crippen molar-refractivity contribution < 1.29 is 32.9 Å². The highest BCUT2D eigenvalue weighted by atomic mass is 28.4. The van der Waals surface area contributed by atoms with Gasteiger partial charge < -0.3 is 28.1 Å². The summed E-state index contributed by atoms with van der Waals surface area (Å²) in [5.74, 6) is -0.514. The SMILES string of the molecule is C=C1CC(C(CCC2CC(CC(=O)OC)OC3(CCCC3)O2)O[Si](C)(C)C(C)(C)C)OC2(CCCC2)O1. The lowest BCUT2D eigenvalue weighted by Gasteiger charge is -2.47. The van der Waals surface area contributed by atoms with E-state index >= 15 is 0 Å². The minimum absolute atomic E-state index is 0.00973. The van der Waals surface area contributed by atoms with E-state index in [0.717, 1.165) is 70.0 Å². The molecular weight excluding hydrogens is 488 g/mol. The number of ether oxygens (including phenoxy) is 5. The van der Waals surface area contributed by atoms with Gasteiger partial charge in [0.1, 0.15) is 0 Å². The lowest BCUT2D eigenvalue weighted by molar-refractivity contribution is -0.316. The average Bonchev–Trinajstić information content (AvgIpc) is 3.44. The Kier molecular flexibility index (Phi) is 8.86. The molecule has 4 aliphatic rings. The number of carbonyl (C=O) groups excluding carboxylic acids is 1. The van der Waals surface area contributed by atoms with E-state index in [0.29, 0.717) is 12.8 Å². The van der Waals surface area contributed by atoms with Gasteiger partial charge in [-0.25, -0.2) is 0 Å². The van der Waals surface area contributed by atoms with Crippen LogP contribution in [0.5, 0.6) is 0 Å². The van der Waals surface area contributed by atoms with Crippen molar-refractivity contribution in [2.75, 3.05) is 7.11 Å². The van der Waals surface area contributed by atoms with E-state index in [1.54, 1.807) is 0 Å². The van der Waals surface area contributed by atoms with E-state index in [4.69, 9.17) is 28.1 Å². The Morgan fingerprint density at radius 2 is 1.62 bits per heavy atom. The molecule has 0 amide bonds. The third kappa shape index (κ3) is 6.99. The van der Waals surface area contributed by atoms with Crippen LogP contribution < -0.4 is 0 Å². The van der Waals surface area contributed by atoms with Gasteiger partial charge in [-0.1, -0.05) is 27.4 Å². The average molecular weight is 539 g/mol. The Hall–Kier alpha value is -0.933. The molecular formula is C29H50O7Si. The summed E-state index contributed by atoms with van der Waals surface area (Å²) in [5.41, 5.74) is 0. The van der Waals surface area contributed by atoms with E-state index in [9.17, 15) is 4.79 Å². The lowest BCUT2D eigenvalue weighted by Crippen LogP contribution is -2.52. The molecule has 212 valence electrons. The molecule has 4 unspecified atom stereocenters. The number of rotatable bonds is 8. The first-order valence-electron chi connectivity index (χ1n) is 14.5. The van der Waals surface area contributed by atoms with Crippen LogP contribution in [0.15, 0.2) is 12.3 Å². The van der Waals surface area contributed by atoms with Gasteiger partial charge in [-0.15, -0.1) is 0 Å². The number of hydrogen-bond donors (Lipinski definition) is 0. The van der Waals surface area contributed by atoms with E-state index in [-0.39, 0.29) is 41.8 Å². The van der Waals surface area contributed by atoms with Gasteiger partial charge in [0.15, 0.2) is 14.1 Å². The fraction of sp³-hybridized carbons (Fsp3) is 0.897. The number of methoxy groups -OCH3 is 1. The summed E-state index contributed by atoms with van der Waals surface area (Å²) in [6, 6.07) is 0. The first kappa shape index (κ1) is 29.1. The maximum atomic E-state index is 12.1. The summed E-state index contributed by atoms with van der Waals surface area (Å²) in [6.07, 6.45) is 11.0. The van der Waals surface area contributed by atoms with Crippen molar-refractivity contribution >= 4 is 14.3 Å². The normalized spacial score (nSPS) is 30.4. The highest BCUT2D eigenvalue weighted by Crippen LogP contribution is 2.46. The Bertz CT molecular complexity index is 808. The Morgan fingerprint density at radius 3 is 2.22 bits per heavy atom. The molecule has 2 heterocycles. The second kappa shape index (κ2) is 11.3. The molecule has 4 atom stereocenters. The van der Waals surface area contributed by atoms with E-state index in [2.05, 4.69) is 40.4 Å². The van der Waals surface area contributed by atoms with Gasteiger partial charge in [0.2, 0.25) is 5.79 Å². The first-order chi connectivity index (χ1) is 17.3. The summed E-state index contributed by atoms with van der Waals surface area (Å²) in [7, 11) is -0.625. The molecule has 2 aliphatic carbocycles. The summed E-state index contributed by atoms with van der Waals surface area (Å²) in [6.45, 7) is 15.7. The quantitative estimate of drug-likeness (QED) is 0.250. The van der Waals surface area contributed by atoms with Crippen molar-refractivity contribution in [3.05, 3.63) is 12.3 Å². The molecule has 0 radical (unpaired) electrons. The molecule has 8 heteroatoms. The third-order valence-corrected chi connectivity index (χ3v) is 13.7. The highest BCUT2D eigenvalue weighted by molar-refractivity contribution is 6.74. The Labute approximate surface area is 225 Å². The second-order valence-corrected chi connectivity index (χ2v) is 18.0. The molecule has 2 saturated heterocycles. The molecule has 0 N–H and O–H groups in total. The molecule has 37 heavy (non-hydrogen) atoms. The van der Waals surface area contributed by atoms with Crippen LogP contribution in [0.25, 0.3) is 0 Å². The van der Waals surface area contributed by atoms with Gasteiger partial charge >= 0.3 is 5.97 Å². The van der Waals surface area contributed by atoms with Crippen molar-refractivity contribution in [3.63, 3.8) is 0 Å². The minimum atomic E-state index is -2.06. The number of esters is 1. The lowest BCUT2D eigenvalue weighted by atomic mass is 9.96. The summed E-state index contributed by atoms with van der Waals surface area (Å²) < 4.78 is 37.9. The second-order valence-electron chi connectivity index (χ2n) is 13.2. The van der Waals surface area contributed by atoms with Gasteiger partial charge in [0, 0.05) is 38.5 Å². The standard InChI is InChI=1S/C29H50O7Si/c1-21-18-25(35-28(32-21)14-8-9-15-28)24(36-37(6,7)27(2,3)4)13-12-22-19-23(20-26(30)31-5)34-29(33-22)16-10-11-17-29/h22-25H,1,8-20H2,2-7H3. The Balaban J connectivity index is 1.50. The monoisotopic (exact) mass is 538 g/mol. The maximum Gasteiger partial charge on any atom is 0.308 e. The van der Waals surface area contributed by atoms with Crippen LogP contribution in [0.4, 0.5) is 0 Å². The van der Waals surface area contributed by atoms with Crippen LogP contribution in [0.2, 0.25) is 18.1 Å². The van der Waals surface area contributed by atoms with Crippen molar-refractivity contribution in [2.45, 2.75) is 158 Å². The molecule has 4 fully saturated rings. The predicted molar refractivity (Wildman–Crippen MR) is 144 cm³/mol. The zero-order valence-corrected chi connectivity index (χ0v) is 25.1. The van der Waals surface area contributed by atoms with Crippen LogP contribution in [-0.2, 0) is 32.9 Å². The van der Waals surface area contributed by atoms with E-state index in [1.165, 1.54) is 7.11 Å². The first-order valence-corrected chi connectivity index (χ1v) is 17.4. The number of hydrogen-bond acceptors (Lipinski definition) is 7. The smallest absolute Gasteiger partial charge is 0.308 e. The van der Waals surface area contributed by atoms with Crippen molar-refractivity contribution in [1.82, 2.24) is 0 Å². The molecule has 2 saturated carbocycles. The fourth-order valence-corrected chi connectivity index (χ4v) is 7.56. The van der Waals surface area contributed by atoms with Gasteiger partial charge in [-0.05, 0) is 56.7 Å². The predicted octanol–water partition coefficient (Wildman–Crippen LogP) is 6.75. The topological polar surface area (TPSA) is 72.5 Å². The van der Waals surface area contributed by atoms with Crippen molar-refractivity contribution in [3.8, 4) is 0 Å². The zero-order chi connectivity index (χ0) is 26.9. The fourth-order valence-electron chi connectivity index (χ4n) is 6.18. The largest absolute Gasteiger partial charge is 0.469 e. The number of carbonyl (C=O) groups is 1. The molecule has 0 aromatic rings. The Morgan fingerprint density at radius 1 is 1.03 bits per heavy atom.